The third-order valence-electron chi connectivity index (χ3n) is 5.55. The average molecular weight is 165 g/mol. The second-order valence-electron chi connectivity index (χ2n) is 5.28. The van der Waals surface area contributed by atoms with E-state index in [-0.39, 0.29) is 5.41 Å². The van der Waals surface area contributed by atoms with Crippen molar-refractivity contribution in [2.75, 3.05) is 0 Å². The molecule has 0 saturated heterocycles. The Hall–Kier alpha value is -0.530. The van der Waals surface area contributed by atoms with Gasteiger partial charge in [0.05, 0.1) is 0 Å². The lowest BCUT2D eigenvalue weighted by Crippen LogP contribution is -2.82. The molecular weight excluding hydrogens is 152 g/mol. The number of carboxylic acid groups (broad SMARTS) is 1. The molecule has 5 saturated carbocycles. The van der Waals surface area contributed by atoms with E-state index in [9.17, 15) is 9.90 Å². The Labute approximate surface area is 72.0 Å². The van der Waals surface area contributed by atoms with Crippen molar-refractivity contribution in [3.8, 4) is 0 Å². The van der Waals surface area contributed by atoms with E-state index in [0.717, 1.165) is 19.3 Å². The minimum atomic E-state index is -0.781. The van der Waals surface area contributed by atoms with Crippen LogP contribution in [0.25, 0.3) is 0 Å². The summed E-state index contributed by atoms with van der Waals surface area (Å²) < 4.78 is 0. The van der Waals surface area contributed by atoms with Crippen LogP contribution in [0.4, 0.5) is 0 Å². The van der Waals surface area contributed by atoms with Gasteiger partial charge in [0.1, 0.15) is 0 Å². The second kappa shape index (κ2) is 1.34. The van der Waals surface area contributed by atoms with Crippen molar-refractivity contribution in [1.82, 2.24) is 0 Å². The zero-order chi connectivity index (χ0) is 8.78. The summed E-state index contributed by atoms with van der Waals surface area (Å²) in [6.45, 7) is 4.38. The Balaban J connectivity index is 2.12. The van der Waals surface area contributed by atoms with Gasteiger partial charge in [0.15, 0.2) is 0 Å². The van der Waals surface area contributed by atoms with Crippen molar-refractivity contribution in [2.45, 2.75) is 33.1 Å². The molecule has 0 radical (unpaired) electrons. The highest BCUT2D eigenvalue weighted by molar-refractivity contribution is 5.81. The quantitative estimate of drug-likeness (QED) is 0.569. The van der Waals surface area contributed by atoms with Gasteiger partial charge in [-0.05, 0) is 36.0 Å². The first-order chi connectivity index (χ1) is 5.49. The van der Waals surface area contributed by atoms with Crippen molar-refractivity contribution in [3.05, 3.63) is 0 Å². The monoisotopic (exact) mass is 165 g/mol. The first-order valence-corrected chi connectivity index (χ1v) is 4.70. The highest BCUT2D eigenvalue weighted by Crippen LogP contribution is 2.93. The molecule has 4 bridgehead atoms. The summed E-state index contributed by atoms with van der Waals surface area (Å²) in [6.07, 6.45) is 3.09. The molecule has 0 aromatic heterocycles. The lowest BCUT2D eigenvalue weighted by Gasteiger charge is -2.83. The topological polar surface area (TPSA) is 40.1 Å². The largest absolute Gasteiger partial charge is 0.550 e. The summed E-state index contributed by atoms with van der Waals surface area (Å²) >= 11 is 0. The summed E-state index contributed by atoms with van der Waals surface area (Å²) in [5, 5.41) is 11.0. The fraction of sp³-hybridized carbons (Fsp3) is 0.900. The lowest BCUT2D eigenvalue weighted by atomic mass is 9.22. The van der Waals surface area contributed by atoms with Crippen LogP contribution in [-0.4, -0.2) is 5.97 Å². The van der Waals surface area contributed by atoms with Gasteiger partial charge in [-0.2, -0.15) is 0 Å². The third-order valence-corrected chi connectivity index (χ3v) is 5.55. The number of carbonyl (C=O) groups is 1. The van der Waals surface area contributed by atoms with E-state index in [0.29, 0.717) is 11.3 Å². The van der Waals surface area contributed by atoms with Crippen LogP contribution >= 0.6 is 0 Å². The van der Waals surface area contributed by atoms with Gasteiger partial charge in [0.2, 0.25) is 0 Å². The van der Waals surface area contributed by atoms with E-state index >= 15 is 0 Å². The molecular formula is C10H13O2-. The zero-order valence-electron chi connectivity index (χ0n) is 7.52. The summed E-state index contributed by atoms with van der Waals surface area (Å²) in [6, 6.07) is 0. The van der Waals surface area contributed by atoms with Crippen LogP contribution in [0.3, 0.4) is 0 Å². The van der Waals surface area contributed by atoms with Crippen LogP contribution in [-0.2, 0) is 4.79 Å². The van der Waals surface area contributed by atoms with Crippen molar-refractivity contribution in [2.24, 2.45) is 22.2 Å². The van der Waals surface area contributed by atoms with Crippen LogP contribution < -0.4 is 5.11 Å². The third kappa shape index (κ3) is 0.301. The van der Waals surface area contributed by atoms with E-state index in [1.807, 2.05) is 0 Å². The molecule has 0 N–H and O–H groups in total. The Morgan fingerprint density at radius 3 is 2.42 bits per heavy atom. The molecule has 0 heterocycles. The maximum atomic E-state index is 11.0. The predicted molar refractivity (Wildman–Crippen MR) is 41.0 cm³/mol. The lowest BCUT2D eigenvalue weighted by molar-refractivity contribution is -0.401. The van der Waals surface area contributed by atoms with Crippen molar-refractivity contribution < 1.29 is 9.90 Å². The Morgan fingerprint density at radius 1 is 1.50 bits per heavy atom. The molecule has 4 atom stereocenters. The molecule has 2 heteroatoms. The summed E-state index contributed by atoms with van der Waals surface area (Å²) in [5.41, 5.74) is 0.0400. The number of rotatable bonds is 1. The van der Waals surface area contributed by atoms with Gasteiger partial charge in [0.25, 0.3) is 0 Å². The Morgan fingerprint density at radius 2 is 2.17 bits per heavy atom. The molecule has 0 unspecified atom stereocenters. The van der Waals surface area contributed by atoms with Crippen LogP contribution in [0.2, 0.25) is 0 Å². The molecule has 0 aromatic rings. The molecule has 0 aliphatic heterocycles. The van der Waals surface area contributed by atoms with Gasteiger partial charge in [-0.3, -0.25) is 0 Å². The fourth-order valence-corrected chi connectivity index (χ4v) is 4.67. The molecule has 5 aliphatic carbocycles. The molecule has 5 rings (SSSR count). The highest BCUT2D eigenvalue weighted by atomic mass is 16.4. The van der Waals surface area contributed by atoms with Crippen LogP contribution in [0.5, 0.6) is 0 Å². The van der Waals surface area contributed by atoms with E-state index in [1.54, 1.807) is 0 Å². The van der Waals surface area contributed by atoms with Crippen LogP contribution in [0.15, 0.2) is 0 Å². The van der Waals surface area contributed by atoms with Gasteiger partial charge >= 0.3 is 0 Å². The minimum Gasteiger partial charge on any atom is -0.550 e. The van der Waals surface area contributed by atoms with Gasteiger partial charge in [-0.15, -0.1) is 0 Å². The van der Waals surface area contributed by atoms with Crippen molar-refractivity contribution >= 4 is 5.97 Å². The number of aliphatic carboxylic acids is 1. The summed E-state index contributed by atoms with van der Waals surface area (Å²) in [7, 11) is 0. The van der Waals surface area contributed by atoms with Gasteiger partial charge in [0, 0.05) is 11.4 Å². The van der Waals surface area contributed by atoms with Gasteiger partial charge in [-0.25, -0.2) is 0 Å². The number of hydrogen-bond acceptors (Lipinski definition) is 2. The normalized spacial score (nSPS) is 65.3. The fourth-order valence-electron chi connectivity index (χ4n) is 4.67. The molecule has 5 aliphatic rings. The number of hydrogen-bond donors (Lipinski definition) is 0. The first kappa shape index (κ1) is 6.93. The smallest absolute Gasteiger partial charge is 0.0485 e. The maximum Gasteiger partial charge on any atom is 0.0485 e. The molecule has 5 fully saturated rings. The van der Waals surface area contributed by atoms with Crippen molar-refractivity contribution in [1.29, 1.82) is 0 Å². The van der Waals surface area contributed by atoms with Crippen LogP contribution in [0, 0.1) is 22.2 Å². The molecule has 0 aromatic carbocycles. The summed E-state index contributed by atoms with van der Waals surface area (Å²) in [5.74, 6) is -0.337. The van der Waals surface area contributed by atoms with E-state index in [2.05, 4.69) is 13.8 Å². The van der Waals surface area contributed by atoms with Gasteiger partial charge < -0.3 is 9.90 Å². The second-order valence-corrected chi connectivity index (χ2v) is 5.28. The highest BCUT2D eigenvalue weighted by Gasteiger charge is 2.89. The van der Waals surface area contributed by atoms with E-state index in [4.69, 9.17) is 0 Å². The molecule has 0 amide bonds. The van der Waals surface area contributed by atoms with Crippen molar-refractivity contribution in [3.63, 3.8) is 0 Å². The average Bonchev–Trinajstić information content (AvgIpc) is 2.33. The minimum absolute atomic E-state index is 0.0868. The SMILES string of the molecule is C[C@@]12CC[C@H]3[C@]1(C)C[C@]32C(=O)[O-]. The van der Waals surface area contributed by atoms with E-state index in [1.165, 1.54) is 0 Å². The zero-order valence-corrected chi connectivity index (χ0v) is 7.52. The molecule has 2 nitrogen and oxygen atoms in total. The van der Waals surface area contributed by atoms with Gasteiger partial charge in [-0.1, -0.05) is 13.8 Å². The number of carbonyl (C=O) groups excluding carboxylic acids is 1. The molecule has 12 heavy (non-hydrogen) atoms. The molecule has 0 spiro atoms. The Kier molecular flexibility index (Phi) is 0.774. The molecule has 66 valence electrons. The van der Waals surface area contributed by atoms with Crippen LogP contribution in [0.1, 0.15) is 33.1 Å². The van der Waals surface area contributed by atoms with E-state index < -0.39 is 11.4 Å². The number of fused-ring (bicyclic) bond motifs is 1. The Bertz CT molecular complexity index is 298. The number of carboxylic acids is 1. The summed E-state index contributed by atoms with van der Waals surface area (Å²) in [4.78, 5) is 11.0. The first-order valence-electron chi connectivity index (χ1n) is 4.70. The standard InChI is InChI=1S/C10H14O2/c1-8-5-10(7(11)12)6(8)3-4-9(8,10)2/h6H,3-5H2,1-2H3,(H,11,12)/p-1/t6-,8-,9+,10+/m0/s1. The maximum absolute atomic E-state index is 11.0. The predicted octanol–water partition coefficient (Wildman–Crippen LogP) is 0.563.